The van der Waals surface area contributed by atoms with Crippen molar-refractivity contribution in [1.82, 2.24) is 20.7 Å². The van der Waals surface area contributed by atoms with Crippen molar-refractivity contribution in [1.29, 1.82) is 0 Å². The van der Waals surface area contributed by atoms with Crippen LogP contribution >= 0.6 is 11.6 Å². The molecule has 0 spiro atoms. The van der Waals surface area contributed by atoms with E-state index in [-0.39, 0.29) is 11.9 Å². The molecule has 0 aliphatic rings. The van der Waals surface area contributed by atoms with E-state index in [1.165, 1.54) is 12.1 Å². The van der Waals surface area contributed by atoms with Crippen molar-refractivity contribution in [3.63, 3.8) is 0 Å². The third-order valence-corrected chi connectivity index (χ3v) is 2.94. The van der Waals surface area contributed by atoms with Gasteiger partial charge in [-0.3, -0.25) is 0 Å². The minimum atomic E-state index is -0.292. The maximum absolute atomic E-state index is 13.1. The van der Waals surface area contributed by atoms with Crippen LogP contribution in [-0.2, 0) is 6.42 Å². The van der Waals surface area contributed by atoms with Crippen molar-refractivity contribution in [2.75, 3.05) is 7.05 Å². The summed E-state index contributed by atoms with van der Waals surface area (Å²) in [6.45, 7) is 0. The van der Waals surface area contributed by atoms with Gasteiger partial charge in [-0.15, -0.1) is 0 Å². The van der Waals surface area contributed by atoms with E-state index in [4.69, 9.17) is 11.6 Å². The van der Waals surface area contributed by atoms with E-state index in [0.29, 0.717) is 11.4 Å². The van der Waals surface area contributed by atoms with E-state index in [0.717, 1.165) is 11.3 Å². The molecule has 0 aliphatic heterocycles. The molecule has 2 N–H and O–H groups in total. The average Bonchev–Trinajstić information content (AvgIpc) is 2.84. The van der Waals surface area contributed by atoms with Gasteiger partial charge in [0, 0.05) is 5.02 Å². The molecule has 1 aromatic heterocycles. The van der Waals surface area contributed by atoms with Crippen LogP contribution in [0.5, 0.6) is 0 Å². The van der Waals surface area contributed by atoms with Crippen molar-refractivity contribution >= 4 is 11.6 Å². The molecule has 17 heavy (non-hydrogen) atoms. The van der Waals surface area contributed by atoms with Crippen molar-refractivity contribution < 1.29 is 4.39 Å². The van der Waals surface area contributed by atoms with E-state index in [1.807, 2.05) is 7.05 Å². The SMILES string of the molecule is CNC(Cc1cc(F)ccc1Cl)c1cn[nH]n1. The highest BCUT2D eigenvalue weighted by atomic mass is 35.5. The van der Waals surface area contributed by atoms with Gasteiger partial charge >= 0.3 is 0 Å². The summed E-state index contributed by atoms with van der Waals surface area (Å²) in [7, 11) is 1.81. The predicted octanol–water partition coefficient (Wildman–Crippen LogP) is 2.10. The summed E-state index contributed by atoms with van der Waals surface area (Å²) in [4.78, 5) is 0. The molecule has 1 aromatic carbocycles. The van der Waals surface area contributed by atoms with Gasteiger partial charge in [-0.2, -0.15) is 15.4 Å². The molecule has 0 amide bonds. The Morgan fingerprint density at radius 3 is 3.00 bits per heavy atom. The van der Waals surface area contributed by atoms with Gasteiger partial charge in [0.25, 0.3) is 0 Å². The number of benzene rings is 1. The normalized spacial score (nSPS) is 12.6. The number of hydrogen-bond donors (Lipinski definition) is 2. The number of aromatic amines is 1. The number of nitrogens with zero attached hydrogens (tertiary/aromatic N) is 2. The fourth-order valence-corrected chi connectivity index (χ4v) is 1.85. The Hall–Kier alpha value is -1.46. The fourth-order valence-electron chi connectivity index (χ4n) is 1.65. The van der Waals surface area contributed by atoms with Gasteiger partial charge in [-0.1, -0.05) is 11.6 Å². The van der Waals surface area contributed by atoms with Crippen LogP contribution in [0, 0.1) is 5.82 Å². The number of rotatable bonds is 4. The van der Waals surface area contributed by atoms with Gasteiger partial charge in [0.05, 0.1) is 17.9 Å². The van der Waals surface area contributed by atoms with Gasteiger partial charge in [0.2, 0.25) is 0 Å². The maximum atomic E-state index is 13.1. The van der Waals surface area contributed by atoms with Crippen molar-refractivity contribution in [3.8, 4) is 0 Å². The predicted molar refractivity (Wildman–Crippen MR) is 63.3 cm³/mol. The molecular weight excluding hydrogens is 243 g/mol. The number of H-pyrrole nitrogens is 1. The molecule has 6 heteroatoms. The van der Waals surface area contributed by atoms with E-state index in [2.05, 4.69) is 20.7 Å². The number of nitrogens with one attached hydrogen (secondary N) is 2. The quantitative estimate of drug-likeness (QED) is 0.879. The lowest BCUT2D eigenvalue weighted by molar-refractivity contribution is 0.569. The molecule has 0 saturated heterocycles. The first-order chi connectivity index (χ1) is 8.20. The minimum absolute atomic E-state index is 0.0481. The molecule has 90 valence electrons. The highest BCUT2D eigenvalue weighted by Gasteiger charge is 2.14. The highest BCUT2D eigenvalue weighted by molar-refractivity contribution is 6.31. The molecule has 1 unspecified atom stereocenters. The summed E-state index contributed by atoms with van der Waals surface area (Å²) in [6, 6.07) is 4.29. The first-order valence-electron chi connectivity index (χ1n) is 5.17. The fraction of sp³-hybridized carbons (Fsp3) is 0.273. The Morgan fingerprint density at radius 1 is 1.53 bits per heavy atom. The van der Waals surface area contributed by atoms with Crippen LogP contribution in [0.2, 0.25) is 5.02 Å². The van der Waals surface area contributed by atoms with Crippen molar-refractivity contribution in [2.45, 2.75) is 12.5 Å². The van der Waals surface area contributed by atoms with Gasteiger partial charge < -0.3 is 5.32 Å². The summed E-state index contributed by atoms with van der Waals surface area (Å²) in [5.74, 6) is -0.292. The van der Waals surface area contributed by atoms with E-state index >= 15 is 0 Å². The van der Waals surface area contributed by atoms with Crippen LogP contribution in [0.15, 0.2) is 24.4 Å². The van der Waals surface area contributed by atoms with Crippen LogP contribution in [-0.4, -0.2) is 22.5 Å². The molecule has 2 rings (SSSR count). The zero-order valence-corrected chi connectivity index (χ0v) is 10.0. The molecule has 0 radical (unpaired) electrons. The topological polar surface area (TPSA) is 53.6 Å². The Balaban J connectivity index is 2.21. The molecule has 0 aliphatic carbocycles. The molecule has 0 bridgehead atoms. The molecular formula is C11H12ClFN4. The standard InChI is InChI=1S/C11H12ClFN4/c1-14-10(11-6-15-17-16-11)5-7-4-8(13)2-3-9(7)12/h2-4,6,10,14H,5H2,1H3,(H,15,16,17). The lowest BCUT2D eigenvalue weighted by Gasteiger charge is -2.14. The van der Waals surface area contributed by atoms with Crippen LogP contribution in [0.4, 0.5) is 4.39 Å². The van der Waals surface area contributed by atoms with Crippen LogP contribution in [0.1, 0.15) is 17.3 Å². The lowest BCUT2D eigenvalue weighted by Crippen LogP contribution is -2.19. The highest BCUT2D eigenvalue weighted by Crippen LogP contribution is 2.22. The summed E-state index contributed by atoms with van der Waals surface area (Å²) in [5, 5.41) is 13.9. The molecule has 0 saturated carbocycles. The molecule has 4 nitrogen and oxygen atoms in total. The molecule has 1 heterocycles. The Labute approximate surface area is 103 Å². The summed E-state index contributed by atoms with van der Waals surface area (Å²) in [6.07, 6.45) is 2.19. The van der Waals surface area contributed by atoms with Gasteiger partial charge in [-0.05, 0) is 37.2 Å². The zero-order chi connectivity index (χ0) is 12.3. The smallest absolute Gasteiger partial charge is 0.123 e. The van der Waals surface area contributed by atoms with Gasteiger partial charge in [0.1, 0.15) is 5.82 Å². The summed E-state index contributed by atoms with van der Waals surface area (Å²) in [5.41, 5.74) is 1.52. The Morgan fingerprint density at radius 2 is 2.35 bits per heavy atom. The second kappa shape index (κ2) is 5.25. The summed E-state index contributed by atoms with van der Waals surface area (Å²) >= 11 is 6.02. The Bertz CT molecular complexity index is 486. The van der Waals surface area contributed by atoms with Crippen molar-refractivity contribution in [3.05, 3.63) is 46.5 Å². The zero-order valence-electron chi connectivity index (χ0n) is 9.24. The van der Waals surface area contributed by atoms with Crippen LogP contribution in [0.25, 0.3) is 0 Å². The first kappa shape index (κ1) is 12.0. The third kappa shape index (κ3) is 2.81. The summed E-state index contributed by atoms with van der Waals surface area (Å²) < 4.78 is 13.1. The second-order valence-corrected chi connectivity index (χ2v) is 4.08. The van der Waals surface area contributed by atoms with E-state index in [9.17, 15) is 4.39 Å². The number of likely N-dealkylation sites (N-methyl/N-ethyl adjacent to an activating group) is 1. The van der Waals surface area contributed by atoms with Gasteiger partial charge in [0.15, 0.2) is 0 Å². The van der Waals surface area contributed by atoms with E-state index < -0.39 is 0 Å². The van der Waals surface area contributed by atoms with Crippen LogP contribution in [0.3, 0.4) is 0 Å². The van der Waals surface area contributed by atoms with Crippen LogP contribution < -0.4 is 5.32 Å². The van der Waals surface area contributed by atoms with Crippen molar-refractivity contribution in [2.24, 2.45) is 0 Å². The number of halogens is 2. The Kier molecular flexibility index (Phi) is 3.71. The lowest BCUT2D eigenvalue weighted by atomic mass is 10.0. The molecule has 2 aromatic rings. The maximum Gasteiger partial charge on any atom is 0.123 e. The largest absolute Gasteiger partial charge is 0.311 e. The van der Waals surface area contributed by atoms with Gasteiger partial charge in [-0.25, -0.2) is 4.39 Å². The first-order valence-corrected chi connectivity index (χ1v) is 5.55. The molecule has 1 atom stereocenters. The monoisotopic (exact) mass is 254 g/mol. The number of aromatic nitrogens is 3. The number of hydrogen-bond acceptors (Lipinski definition) is 3. The average molecular weight is 255 g/mol. The molecule has 0 fully saturated rings. The second-order valence-electron chi connectivity index (χ2n) is 3.68. The van der Waals surface area contributed by atoms with E-state index in [1.54, 1.807) is 12.3 Å². The third-order valence-electron chi connectivity index (χ3n) is 2.57. The minimum Gasteiger partial charge on any atom is -0.311 e.